The van der Waals surface area contributed by atoms with Crippen LogP contribution in [-0.4, -0.2) is 34.0 Å². The van der Waals surface area contributed by atoms with E-state index >= 15 is 0 Å². The van der Waals surface area contributed by atoms with Gasteiger partial charge >= 0.3 is 0 Å². The summed E-state index contributed by atoms with van der Waals surface area (Å²) in [5, 5.41) is 12.6. The van der Waals surface area contributed by atoms with Crippen molar-refractivity contribution in [1.82, 2.24) is 9.88 Å². The first kappa shape index (κ1) is 19.3. The molecule has 1 aliphatic heterocycles. The van der Waals surface area contributed by atoms with E-state index in [0.717, 1.165) is 40.4 Å². The summed E-state index contributed by atoms with van der Waals surface area (Å²) in [5.41, 5.74) is 0.903. The summed E-state index contributed by atoms with van der Waals surface area (Å²) in [6.45, 7) is 5.18. The van der Waals surface area contributed by atoms with Crippen molar-refractivity contribution in [2.24, 2.45) is 0 Å². The molecule has 0 bridgehead atoms. The van der Waals surface area contributed by atoms with Crippen molar-refractivity contribution in [1.29, 1.82) is 0 Å². The number of nitrogens with zero attached hydrogens (tertiary/aromatic N) is 2. The molecule has 2 heterocycles. The number of aryl methyl sites for hydroxylation is 2. The Morgan fingerprint density at radius 1 is 1.31 bits per heavy atom. The largest absolute Gasteiger partial charge is 0.385 e. The normalized spacial score (nSPS) is 16.7. The highest BCUT2D eigenvalue weighted by Gasteiger charge is 2.36. The summed E-state index contributed by atoms with van der Waals surface area (Å²) in [7, 11) is 0. The van der Waals surface area contributed by atoms with Crippen LogP contribution < -0.4 is 0 Å². The van der Waals surface area contributed by atoms with E-state index in [-0.39, 0.29) is 5.91 Å². The predicted molar refractivity (Wildman–Crippen MR) is 106 cm³/mol. The molecule has 1 aliphatic rings. The van der Waals surface area contributed by atoms with Crippen LogP contribution in [0.25, 0.3) is 0 Å². The third-order valence-electron chi connectivity index (χ3n) is 5.03. The molecule has 0 atom stereocenters. The highest BCUT2D eigenvalue weighted by molar-refractivity contribution is 7.13. The standard InChI is InChI=1S/C20H25ClN2O2S/c1-3-4-5-17-18(26-14(2)22-17)19(24)23-12-10-20(25,11-13-23)15-6-8-16(21)9-7-15/h6-9,25H,3-5,10-13H2,1-2H3. The summed E-state index contributed by atoms with van der Waals surface area (Å²) in [6, 6.07) is 7.34. The molecule has 26 heavy (non-hydrogen) atoms. The van der Waals surface area contributed by atoms with Gasteiger partial charge in [-0.2, -0.15) is 0 Å². The Labute approximate surface area is 163 Å². The molecular weight excluding hydrogens is 368 g/mol. The van der Waals surface area contributed by atoms with Crippen molar-refractivity contribution in [3.8, 4) is 0 Å². The van der Waals surface area contributed by atoms with Crippen LogP contribution in [0.2, 0.25) is 5.02 Å². The van der Waals surface area contributed by atoms with Crippen LogP contribution >= 0.6 is 22.9 Å². The maximum atomic E-state index is 13.0. The van der Waals surface area contributed by atoms with E-state index < -0.39 is 5.60 Å². The van der Waals surface area contributed by atoms with Crippen LogP contribution in [0.15, 0.2) is 24.3 Å². The van der Waals surface area contributed by atoms with Gasteiger partial charge in [0.15, 0.2) is 0 Å². The Morgan fingerprint density at radius 3 is 2.58 bits per heavy atom. The lowest BCUT2D eigenvalue weighted by Gasteiger charge is -2.38. The number of benzene rings is 1. The summed E-state index contributed by atoms with van der Waals surface area (Å²) >= 11 is 7.43. The zero-order valence-corrected chi connectivity index (χ0v) is 16.9. The topological polar surface area (TPSA) is 53.4 Å². The van der Waals surface area contributed by atoms with Crippen molar-refractivity contribution in [3.05, 3.63) is 50.4 Å². The number of halogens is 1. The van der Waals surface area contributed by atoms with Gasteiger partial charge in [-0.3, -0.25) is 4.79 Å². The third-order valence-corrected chi connectivity index (χ3v) is 6.28. The van der Waals surface area contributed by atoms with Crippen molar-refractivity contribution in [2.45, 2.75) is 51.6 Å². The van der Waals surface area contributed by atoms with E-state index in [4.69, 9.17) is 11.6 Å². The fourth-order valence-corrected chi connectivity index (χ4v) is 4.48. The van der Waals surface area contributed by atoms with Crippen LogP contribution in [0.3, 0.4) is 0 Å². The zero-order chi connectivity index (χ0) is 18.7. The molecular formula is C20H25ClN2O2S. The van der Waals surface area contributed by atoms with Crippen molar-refractivity contribution >= 4 is 28.8 Å². The minimum atomic E-state index is -0.893. The summed E-state index contributed by atoms with van der Waals surface area (Å²) in [4.78, 5) is 20.2. The van der Waals surface area contributed by atoms with Gasteiger partial charge in [-0.25, -0.2) is 4.98 Å². The van der Waals surface area contributed by atoms with Gasteiger partial charge in [-0.05, 0) is 50.3 Å². The fraction of sp³-hybridized carbons (Fsp3) is 0.500. The third kappa shape index (κ3) is 4.11. The number of rotatable bonds is 5. The number of hydrogen-bond acceptors (Lipinski definition) is 4. The Morgan fingerprint density at radius 2 is 1.96 bits per heavy atom. The molecule has 1 aromatic heterocycles. The Hall–Kier alpha value is -1.43. The molecule has 0 unspecified atom stereocenters. The molecule has 1 amide bonds. The average molecular weight is 393 g/mol. The molecule has 1 fully saturated rings. The number of likely N-dealkylation sites (tertiary alicyclic amines) is 1. The average Bonchev–Trinajstić information content (AvgIpc) is 3.01. The molecule has 2 aromatic rings. The number of carbonyl (C=O) groups is 1. The second kappa shape index (κ2) is 8.07. The van der Waals surface area contributed by atoms with Crippen LogP contribution in [0.1, 0.15) is 58.5 Å². The molecule has 0 aliphatic carbocycles. The van der Waals surface area contributed by atoms with E-state index in [1.165, 1.54) is 11.3 Å². The Kier molecular flexibility index (Phi) is 6.00. The molecule has 1 aromatic carbocycles. The van der Waals surface area contributed by atoms with Crippen molar-refractivity contribution in [3.63, 3.8) is 0 Å². The van der Waals surface area contributed by atoms with Gasteiger partial charge in [0.05, 0.1) is 16.3 Å². The van der Waals surface area contributed by atoms with E-state index in [9.17, 15) is 9.90 Å². The summed E-state index contributed by atoms with van der Waals surface area (Å²) in [5.74, 6) is 0.0554. The number of aromatic nitrogens is 1. The molecule has 1 N–H and O–H groups in total. The Bertz CT molecular complexity index is 765. The number of aliphatic hydroxyl groups is 1. The SMILES string of the molecule is CCCCc1nc(C)sc1C(=O)N1CCC(O)(c2ccc(Cl)cc2)CC1. The van der Waals surface area contributed by atoms with E-state index in [0.29, 0.717) is 31.0 Å². The van der Waals surface area contributed by atoms with Gasteiger partial charge in [-0.15, -0.1) is 11.3 Å². The maximum Gasteiger partial charge on any atom is 0.265 e. The van der Waals surface area contributed by atoms with E-state index in [1.807, 2.05) is 24.0 Å². The second-order valence-corrected chi connectivity index (χ2v) is 8.58. The van der Waals surface area contributed by atoms with Gasteiger partial charge < -0.3 is 10.0 Å². The number of unbranched alkanes of at least 4 members (excludes halogenated alkanes) is 1. The number of piperidine rings is 1. The second-order valence-electron chi connectivity index (χ2n) is 6.94. The maximum absolute atomic E-state index is 13.0. The molecule has 6 heteroatoms. The highest BCUT2D eigenvalue weighted by Crippen LogP contribution is 2.34. The lowest BCUT2D eigenvalue weighted by molar-refractivity contribution is -0.0210. The smallest absolute Gasteiger partial charge is 0.265 e. The van der Waals surface area contributed by atoms with Crippen molar-refractivity contribution in [2.75, 3.05) is 13.1 Å². The van der Waals surface area contributed by atoms with Gasteiger partial charge in [0, 0.05) is 18.1 Å². The highest BCUT2D eigenvalue weighted by atomic mass is 35.5. The van der Waals surface area contributed by atoms with Crippen LogP contribution in [0, 0.1) is 6.92 Å². The number of thiazole rings is 1. The first-order chi connectivity index (χ1) is 12.4. The minimum absolute atomic E-state index is 0.0554. The van der Waals surface area contributed by atoms with E-state index in [2.05, 4.69) is 11.9 Å². The summed E-state index contributed by atoms with van der Waals surface area (Å²) < 4.78 is 0. The van der Waals surface area contributed by atoms with E-state index in [1.54, 1.807) is 12.1 Å². The first-order valence-corrected chi connectivity index (χ1v) is 10.4. The van der Waals surface area contributed by atoms with Crippen LogP contribution in [-0.2, 0) is 12.0 Å². The number of amides is 1. The van der Waals surface area contributed by atoms with Gasteiger partial charge in [0.1, 0.15) is 4.88 Å². The number of carbonyl (C=O) groups excluding carboxylic acids is 1. The monoisotopic (exact) mass is 392 g/mol. The van der Waals surface area contributed by atoms with Crippen molar-refractivity contribution < 1.29 is 9.90 Å². The fourth-order valence-electron chi connectivity index (χ4n) is 3.42. The lowest BCUT2D eigenvalue weighted by Crippen LogP contribution is -2.45. The van der Waals surface area contributed by atoms with Gasteiger partial charge in [0.25, 0.3) is 5.91 Å². The Balaban J connectivity index is 1.70. The van der Waals surface area contributed by atoms with Crippen LogP contribution in [0.5, 0.6) is 0 Å². The zero-order valence-electron chi connectivity index (χ0n) is 15.3. The molecule has 3 rings (SSSR count). The quantitative estimate of drug-likeness (QED) is 0.810. The van der Waals surface area contributed by atoms with Gasteiger partial charge in [0.2, 0.25) is 0 Å². The van der Waals surface area contributed by atoms with Crippen LogP contribution in [0.4, 0.5) is 0 Å². The molecule has 1 saturated heterocycles. The molecule has 0 saturated carbocycles. The van der Waals surface area contributed by atoms with Gasteiger partial charge in [-0.1, -0.05) is 37.1 Å². The predicted octanol–water partition coefficient (Wildman–Crippen LogP) is 4.57. The molecule has 4 nitrogen and oxygen atoms in total. The molecule has 0 radical (unpaired) electrons. The lowest BCUT2D eigenvalue weighted by atomic mass is 9.84. The summed E-state index contributed by atoms with van der Waals surface area (Å²) in [6.07, 6.45) is 4.04. The molecule has 140 valence electrons. The first-order valence-electron chi connectivity index (χ1n) is 9.17. The minimum Gasteiger partial charge on any atom is -0.385 e. The number of hydrogen-bond donors (Lipinski definition) is 1. The molecule has 0 spiro atoms.